The van der Waals surface area contributed by atoms with Gasteiger partial charge in [0.25, 0.3) is 0 Å². The summed E-state index contributed by atoms with van der Waals surface area (Å²) in [5.41, 5.74) is 0. The summed E-state index contributed by atoms with van der Waals surface area (Å²) in [5, 5.41) is 9.95. The molecule has 0 fully saturated rings. The Bertz CT molecular complexity index is 1040. The van der Waals surface area contributed by atoms with Crippen LogP contribution in [0.15, 0.2) is 72.9 Å². The number of ether oxygens (including phenoxy) is 2. The minimum atomic E-state index is -4.78. The molecule has 0 radical (unpaired) electrons. The van der Waals surface area contributed by atoms with E-state index in [1.54, 1.807) is 6.08 Å². The second-order valence-electron chi connectivity index (χ2n) is 12.1. The maximum Gasteiger partial charge on any atom is 0.469 e. The number of hydrogen-bond donors (Lipinski definition) is 3. The van der Waals surface area contributed by atoms with E-state index in [1.807, 2.05) is 48.6 Å². The molecule has 0 aliphatic heterocycles. The predicted molar refractivity (Wildman–Crippen MR) is 194 cm³/mol. The minimum Gasteiger partial charge on any atom is -0.462 e. The molecule has 0 rings (SSSR count). The zero-order chi connectivity index (χ0) is 35.7. The number of allylic oxidation sites excluding steroid dienone is 10. The van der Waals surface area contributed by atoms with E-state index in [-0.39, 0.29) is 19.4 Å². The first kappa shape index (κ1) is 45.5. The number of hydrogen-bond acceptors (Lipinski definition) is 7. The number of aliphatic hydroxyl groups is 1. The smallest absolute Gasteiger partial charge is 0.462 e. The van der Waals surface area contributed by atoms with Crippen LogP contribution in [0.3, 0.4) is 0 Å². The molecule has 0 aliphatic rings. The lowest BCUT2D eigenvalue weighted by molar-refractivity contribution is -0.161. The summed E-state index contributed by atoms with van der Waals surface area (Å²) < 4.78 is 26.1. The number of carbonyl (C=O) groups excluding carboxylic acids is 2. The topological polar surface area (TPSA) is 140 Å². The largest absolute Gasteiger partial charge is 0.469 e. The average Bonchev–Trinajstić information content (AvgIpc) is 3.03. The fourth-order valence-corrected chi connectivity index (χ4v) is 4.73. The Labute approximate surface area is 290 Å². The Balaban J connectivity index is 4.24. The molecule has 0 amide bonds. The first-order valence-corrected chi connectivity index (χ1v) is 19.2. The molecule has 0 saturated carbocycles. The standard InChI is InChI=1S/C38H63O9P/c1-4-5-6-7-18-23-28-35(39)29-24-19-14-10-8-9-11-15-21-26-31-38(41)47-36(33-46-48(42,43)44)32-45-37(40)30-25-20-16-12-13-17-22-27-34(2)3/h5-6,8-9,14-15,18-19,21,23-24,29,34-36,39H,4,7,10-13,16-17,20,22,25-28,30-33H2,1-3H3,(H2,42,43,44)/b6-5-,9-8-,19-14-,21-15-,23-18-,29-24+/t35?,36-/m1/s1. The fraction of sp³-hybridized carbons (Fsp3) is 0.632. The van der Waals surface area contributed by atoms with Crippen LogP contribution in [-0.4, -0.2) is 52.3 Å². The van der Waals surface area contributed by atoms with Crippen molar-refractivity contribution in [3.05, 3.63) is 72.9 Å². The van der Waals surface area contributed by atoms with Crippen LogP contribution in [0, 0.1) is 5.92 Å². The summed E-state index contributed by atoms with van der Waals surface area (Å²) in [6, 6.07) is 0. The average molecular weight is 695 g/mol. The molecule has 0 aromatic heterocycles. The van der Waals surface area contributed by atoms with Crippen molar-refractivity contribution >= 4 is 19.8 Å². The summed E-state index contributed by atoms with van der Waals surface area (Å²) in [7, 11) is -4.78. The molecule has 1 unspecified atom stereocenters. The first-order chi connectivity index (χ1) is 23.0. The highest BCUT2D eigenvalue weighted by atomic mass is 31.2. The Morgan fingerprint density at radius 3 is 1.98 bits per heavy atom. The molecule has 0 saturated heterocycles. The van der Waals surface area contributed by atoms with Gasteiger partial charge in [0.2, 0.25) is 0 Å². The van der Waals surface area contributed by atoms with Gasteiger partial charge in [-0.1, -0.05) is 139 Å². The van der Waals surface area contributed by atoms with Gasteiger partial charge in [-0.25, -0.2) is 4.57 Å². The molecule has 0 heterocycles. The Morgan fingerprint density at radius 1 is 0.708 bits per heavy atom. The number of esters is 2. The lowest BCUT2D eigenvalue weighted by Gasteiger charge is -2.18. The van der Waals surface area contributed by atoms with Gasteiger partial charge < -0.3 is 24.4 Å². The minimum absolute atomic E-state index is 0.0602. The molecule has 0 aliphatic carbocycles. The van der Waals surface area contributed by atoms with Crippen molar-refractivity contribution in [1.82, 2.24) is 0 Å². The maximum atomic E-state index is 12.3. The molecule has 10 heteroatoms. The highest BCUT2D eigenvalue weighted by Gasteiger charge is 2.22. The second kappa shape index (κ2) is 31.7. The zero-order valence-corrected chi connectivity index (χ0v) is 30.5. The zero-order valence-electron chi connectivity index (χ0n) is 29.6. The monoisotopic (exact) mass is 694 g/mol. The van der Waals surface area contributed by atoms with Crippen molar-refractivity contribution in [2.75, 3.05) is 13.2 Å². The Kier molecular flexibility index (Phi) is 30.0. The normalized spacial score (nSPS) is 14.1. The molecule has 274 valence electrons. The summed E-state index contributed by atoms with van der Waals surface area (Å²) in [5.74, 6) is -0.279. The van der Waals surface area contributed by atoms with Gasteiger partial charge in [-0.3, -0.25) is 14.1 Å². The second-order valence-corrected chi connectivity index (χ2v) is 13.4. The maximum absolute atomic E-state index is 12.3. The van der Waals surface area contributed by atoms with Gasteiger partial charge >= 0.3 is 19.8 Å². The lowest BCUT2D eigenvalue weighted by Crippen LogP contribution is -2.29. The van der Waals surface area contributed by atoms with Crippen molar-refractivity contribution in [1.29, 1.82) is 0 Å². The third-order valence-corrected chi connectivity index (χ3v) is 7.50. The lowest BCUT2D eigenvalue weighted by atomic mass is 10.0. The van der Waals surface area contributed by atoms with Gasteiger partial charge in [0.15, 0.2) is 6.10 Å². The number of rotatable bonds is 30. The third kappa shape index (κ3) is 34.8. The van der Waals surface area contributed by atoms with Crippen molar-refractivity contribution in [2.24, 2.45) is 5.92 Å². The Morgan fingerprint density at radius 2 is 1.31 bits per heavy atom. The summed E-state index contributed by atoms with van der Waals surface area (Å²) >= 11 is 0. The molecular weight excluding hydrogens is 631 g/mol. The molecule has 3 N–H and O–H groups in total. The van der Waals surface area contributed by atoms with Gasteiger partial charge in [-0.2, -0.15) is 0 Å². The van der Waals surface area contributed by atoms with Crippen LogP contribution in [-0.2, 0) is 28.2 Å². The van der Waals surface area contributed by atoms with Crippen LogP contribution >= 0.6 is 7.82 Å². The van der Waals surface area contributed by atoms with Crippen LogP contribution in [0.25, 0.3) is 0 Å². The van der Waals surface area contributed by atoms with Crippen LogP contribution in [0.1, 0.15) is 124 Å². The van der Waals surface area contributed by atoms with Crippen molar-refractivity contribution in [3.63, 3.8) is 0 Å². The third-order valence-electron chi connectivity index (χ3n) is 7.01. The van der Waals surface area contributed by atoms with E-state index in [9.17, 15) is 19.3 Å². The van der Waals surface area contributed by atoms with E-state index in [0.717, 1.165) is 44.4 Å². The van der Waals surface area contributed by atoms with E-state index in [2.05, 4.69) is 43.5 Å². The van der Waals surface area contributed by atoms with E-state index >= 15 is 0 Å². The van der Waals surface area contributed by atoms with Crippen LogP contribution in [0.2, 0.25) is 0 Å². The van der Waals surface area contributed by atoms with E-state index in [1.165, 1.54) is 25.7 Å². The van der Waals surface area contributed by atoms with E-state index < -0.39 is 38.6 Å². The number of aliphatic hydroxyl groups excluding tert-OH is 1. The molecule has 9 nitrogen and oxygen atoms in total. The van der Waals surface area contributed by atoms with E-state index in [0.29, 0.717) is 25.7 Å². The van der Waals surface area contributed by atoms with Gasteiger partial charge in [0, 0.05) is 12.8 Å². The quantitative estimate of drug-likeness (QED) is 0.0221. The first-order valence-electron chi connectivity index (χ1n) is 17.7. The van der Waals surface area contributed by atoms with Gasteiger partial charge in [-0.15, -0.1) is 0 Å². The number of phosphoric acid groups is 1. The molecule has 48 heavy (non-hydrogen) atoms. The summed E-state index contributed by atoms with van der Waals surface area (Å²) in [6.45, 7) is 5.66. The van der Waals surface area contributed by atoms with Crippen LogP contribution in [0.4, 0.5) is 0 Å². The predicted octanol–water partition coefficient (Wildman–Crippen LogP) is 9.17. The Hall–Kier alpha value is -2.55. The van der Waals surface area contributed by atoms with Gasteiger partial charge in [0.05, 0.1) is 12.7 Å². The van der Waals surface area contributed by atoms with Crippen molar-refractivity contribution < 1.29 is 43.0 Å². The number of phosphoric ester groups is 1. The summed E-state index contributed by atoms with van der Waals surface area (Å²) in [6.07, 6.45) is 35.5. The van der Waals surface area contributed by atoms with Crippen molar-refractivity contribution in [3.8, 4) is 0 Å². The molecule has 2 atom stereocenters. The molecule has 0 spiro atoms. The van der Waals surface area contributed by atoms with Crippen molar-refractivity contribution in [2.45, 2.75) is 136 Å². The molecule has 0 aromatic carbocycles. The highest BCUT2D eigenvalue weighted by Crippen LogP contribution is 2.35. The van der Waals surface area contributed by atoms with Gasteiger partial charge in [-0.05, 0) is 50.9 Å². The van der Waals surface area contributed by atoms with Crippen LogP contribution < -0.4 is 0 Å². The number of unbranched alkanes of at least 4 members (excludes halogenated alkanes) is 6. The molecular formula is C38H63O9P. The van der Waals surface area contributed by atoms with Gasteiger partial charge in [0.1, 0.15) is 6.61 Å². The highest BCUT2D eigenvalue weighted by molar-refractivity contribution is 7.46. The fourth-order valence-electron chi connectivity index (χ4n) is 4.37. The summed E-state index contributed by atoms with van der Waals surface area (Å²) in [4.78, 5) is 42.5. The molecule has 0 aromatic rings. The van der Waals surface area contributed by atoms with Crippen LogP contribution in [0.5, 0.6) is 0 Å². The van der Waals surface area contributed by atoms with E-state index in [4.69, 9.17) is 19.3 Å². The molecule has 0 bridgehead atoms. The SMILES string of the molecule is CC/C=C\C/C=C\CC(O)/C=C/C=C\C/C=C\C/C=C\CCC(=O)O[C@H](COC(=O)CCCCCCCCCC(C)C)COP(=O)(O)O. The number of carbonyl (C=O) groups is 2.